The summed E-state index contributed by atoms with van der Waals surface area (Å²) in [4.78, 5) is 16.5. The highest BCUT2D eigenvalue weighted by molar-refractivity contribution is 5.76. The van der Waals surface area contributed by atoms with Crippen LogP contribution in [0.5, 0.6) is 0 Å². The van der Waals surface area contributed by atoms with Crippen LogP contribution in [0.3, 0.4) is 0 Å². The Balaban J connectivity index is 1.47. The normalized spacial score (nSPS) is 14.0. The number of hydrogen-bond donors (Lipinski definition) is 1. The van der Waals surface area contributed by atoms with E-state index in [4.69, 9.17) is 6.42 Å². The van der Waals surface area contributed by atoms with E-state index < -0.39 is 5.66 Å². The van der Waals surface area contributed by atoms with Crippen LogP contribution in [0.2, 0.25) is 0 Å². The number of pyridine rings is 1. The number of hydrogen-bond acceptors (Lipinski definition) is 5. The zero-order chi connectivity index (χ0) is 18.6. The molecular formula is C19H22N6O. The maximum Gasteiger partial charge on any atom is 0.220 e. The van der Waals surface area contributed by atoms with Crippen LogP contribution in [-0.4, -0.2) is 26.3 Å². The van der Waals surface area contributed by atoms with Gasteiger partial charge in [-0.15, -0.1) is 12.3 Å². The Kier molecular flexibility index (Phi) is 5.12. The molecule has 0 spiro atoms. The van der Waals surface area contributed by atoms with E-state index in [1.54, 1.807) is 10.9 Å². The summed E-state index contributed by atoms with van der Waals surface area (Å²) in [5, 5.41) is 15.4. The third-order valence-electron chi connectivity index (χ3n) is 4.33. The molecule has 1 amide bonds. The molecule has 3 rings (SSSR count). The Morgan fingerprint density at radius 2 is 2.12 bits per heavy atom. The minimum Gasteiger partial charge on any atom is -0.352 e. The lowest BCUT2D eigenvalue weighted by Crippen LogP contribution is -2.25. The van der Waals surface area contributed by atoms with Gasteiger partial charge >= 0.3 is 0 Å². The van der Waals surface area contributed by atoms with Gasteiger partial charge < -0.3 is 5.32 Å². The van der Waals surface area contributed by atoms with Crippen LogP contribution in [-0.2, 0) is 11.3 Å². The van der Waals surface area contributed by atoms with Crippen LogP contribution in [0.15, 0.2) is 34.6 Å². The lowest BCUT2D eigenvalue weighted by Gasteiger charge is -2.09. The van der Waals surface area contributed by atoms with Crippen molar-refractivity contribution in [1.29, 1.82) is 0 Å². The summed E-state index contributed by atoms with van der Waals surface area (Å²) in [7, 11) is 0. The van der Waals surface area contributed by atoms with Crippen molar-refractivity contribution in [3.05, 3.63) is 41.3 Å². The molecule has 2 aromatic rings. The Morgan fingerprint density at radius 3 is 2.69 bits per heavy atom. The van der Waals surface area contributed by atoms with E-state index in [2.05, 4.69) is 31.5 Å². The van der Waals surface area contributed by atoms with Crippen molar-refractivity contribution in [2.45, 2.75) is 51.7 Å². The van der Waals surface area contributed by atoms with E-state index in [1.165, 1.54) is 0 Å². The predicted molar refractivity (Wildman–Crippen MR) is 97.6 cm³/mol. The fourth-order valence-corrected chi connectivity index (χ4v) is 2.78. The average molecular weight is 350 g/mol. The van der Waals surface area contributed by atoms with Gasteiger partial charge in [0, 0.05) is 44.1 Å². The molecule has 0 unspecified atom stereocenters. The molecule has 1 aliphatic rings. The smallest absolute Gasteiger partial charge is 0.220 e. The van der Waals surface area contributed by atoms with Crippen molar-refractivity contribution >= 4 is 5.91 Å². The predicted octanol–water partition coefficient (Wildman–Crippen LogP) is 2.86. The molecule has 26 heavy (non-hydrogen) atoms. The third-order valence-corrected chi connectivity index (χ3v) is 4.33. The van der Waals surface area contributed by atoms with E-state index in [9.17, 15) is 4.79 Å². The summed E-state index contributed by atoms with van der Waals surface area (Å²) < 4.78 is 1.80. The molecule has 3 heterocycles. The van der Waals surface area contributed by atoms with Crippen molar-refractivity contribution in [3.8, 4) is 18.2 Å². The van der Waals surface area contributed by atoms with Crippen LogP contribution in [0.4, 0.5) is 0 Å². The van der Waals surface area contributed by atoms with E-state index in [1.807, 2.05) is 32.0 Å². The standard InChI is InChI=1S/C19H22N6O/c1-4-5-9-19(23-24-19)10-8-18(26)21-13-16-6-7-17(20-12-16)25-15(3)11-14(2)22-25/h1,6-7,11-12H,5,8-10,13H2,2-3H3,(H,21,26). The van der Waals surface area contributed by atoms with Gasteiger partial charge in [0.25, 0.3) is 0 Å². The number of carbonyl (C=O) groups is 1. The minimum atomic E-state index is -0.410. The quantitative estimate of drug-likeness (QED) is 0.743. The first-order chi connectivity index (χ1) is 12.5. The number of terminal acetylenes is 1. The number of nitrogens with one attached hydrogen (secondary N) is 1. The fraction of sp³-hybridized carbons (Fsp3) is 0.421. The molecule has 0 atom stereocenters. The zero-order valence-electron chi connectivity index (χ0n) is 15.1. The Morgan fingerprint density at radius 1 is 1.31 bits per heavy atom. The van der Waals surface area contributed by atoms with Crippen LogP contribution < -0.4 is 5.32 Å². The second kappa shape index (κ2) is 7.48. The van der Waals surface area contributed by atoms with Gasteiger partial charge in [-0.2, -0.15) is 15.3 Å². The molecule has 0 saturated carbocycles. The van der Waals surface area contributed by atoms with Crippen LogP contribution >= 0.6 is 0 Å². The van der Waals surface area contributed by atoms with Crippen LogP contribution in [0.25, 0.3) is 5.82 Å². The molecule has 134 valence electrons. The number of rotatable bonds is 8. The number of aromatic nitrogens is 3. The SMILES string of the molecule is C#CCCC1(CCC(=O)NCc2ccc(-n3nc(C)cc3C)nc2)N=N1. The van der Waals surface area contributed by atoms with Crippen molar-refractivity contribution in [2.24, 2.45) is 10.2 Å². The second-order valence-corrected chi connectivity index (χ2v) is 6.53. The van der Waals surface area contributed by atoms with Crippen molar-refractivity contribution in [1.82, 2.24) is 20.1 Å². The van der Waals surface area contributed by atoms with Gasteiger partial charge in [0.05, 0.1) is 5.69 Å². The van der Waals surface area contributed by atoms with Gasteiger partial charge in [-0.25, -0.2) is 9.67 Å². The third kappa shape index (κ3) is 4.33. The fourth-order valence-electron chi connectivity index (χ4n) is 2.78. The molecule has 2 aromatic heterocycles. The highest BCUT2D eigenvalue weighted by atomic mass is 16.1. The van der Waals surface area contributed by atoms with Crippen molar-refractivity contribution in [2.75, 3.05) is 0 Å². The van der Waals surface area contributed by atoms with Gasteiger partial charge in [-0.05, 0) is 31.5 Å². The molecule has 0 aliphatic carbocycles. The number of amides is 1. The Hall–Kier alpha value is -3.01. The summed E-state index contributed by atoms with van der Waals surface area (Å²) in [6.45, 7) is 4.38. The van der Waals surface area contributed by atoms with E-state index in [0.29, 0.717) is 32.2 Å². The molecule has 0 fully saturated rings. The summed E-state index contributed by atoms with van der Waals surface area (Å²) in [6.07, 6.45) is 9.35. The zero-order valence-corrected chi connectivity index (χ0v) is 15.1. The first-order valence-electron chi connectivity index (χ1n) is 8.64. The Labute approximate surface area is 152 Å². The number of aryl methyl sites for hydroxylation is 2. The van der Waals surface area contributed by atoms with Gasteiger partial charge in [0.1, 0.15) is 0 Å². The second-order valence-electron chi connectivity index (χ2n) is 6.53. The summed E-state index contributed by atoms with van der Waals surface area (Å²) in [5.41, 5.74) is 2.51. The van der Waals surface area contributed by atoms with E-state index in [0.717, 1.165) is 22.8 Å². The highest BCUT2D eigenvalue weighted by Crippen LogP contribution is 2.37. The molecule has 1 N–H and O–H groups in total. The van der Waals surface area contributed by atoms with Crippen molar-refractivity contribution < 1.29 is 4.79 Å². The molecule has 0 radical (unpaired) electrons. The molecular weight excluding hydrogens is 328 g/mol. The molecule has 1 aliphatic heterocycles. The van der Waals surface area contributed by atoms with Gasteiger partial charge in [0.15, 0.2) is 11.5 Å². The van der Waals surface area contributed by atoms with Gasteiger partial charge in [0.2, 0.25) is 5.91 Å². The summed E-state index contributed by atoms with van der Waals surface area (Å²) in [5.74, 6) is 3.32. The summed E-state index contributed by atoms with van der Waals surface area (Å²) >= 11 is 0. The molecule has 0 bridgehead atoms. The van der Waals surface area contributed by atoms with E-state index in [-0.39, 0.29) is 5.91 Å². The van der Waals surface area contributed by atoms with Gasteiger partial charge in [-0.1, -0.05) is 6.07 Å². The average Bonchev–Trinajstić information content (AvgIpc) is 3.33. The minimum absolute atomic E-state index is 0.0231. The number of nitrogens with zero attached hydrogens (tertiary/aromatic N) is 5. The van der Waals surface area contributed by atoms with E-state index >= 15 is 0 Å². The Bertz CT molecular complexity index is 853. The van der Waals surface area contributed by atoms with Crippen molar-refractivity contribution in [3.63, 3.8) is 0 Å². The lowest BCUT2D eigenvalue weighted by atomic mass is 10.0. The largest absolute Gasteiger partial charge is 0.352 e. The maximum atomic E-state index is 12.0. The molecule has 0 saturated heterocycles. The van der Waals surface area contributed by atoms with Crippen LogP contribution in [0, 0.1) is 26.2 Å². The number of carbonyl (C=O) groups excluding carboxylic acids is 1. The first kappa shape index (κ1) is 17.8. The monoisotopic (exact) mass is 350 g/mol. The van der Waals surface area contributed by atoms with Gasteiger partial charge in [-0.3, -0.25) is 4.79 Å². The highest BCUT2D eigenvalue weighted by Gasteiger charge is 2.39. The first-order valence-corrected chi connectivity index (χ1v) is 8.64. The van der Waals surface area contributed by atoms with Crippen LogP contribution in [0.1, 0.15) is 42.6 Å². The molecule has 7 heteroatoms. The maximum absolute atomic E-state index is 12.0. The lowest BCUT2D eigenvalue weighted by molar-refractivity contribution is -0.121. The molecule has 0 aromatic carbocycles. The summed E-state index contributed by atoms with van der Waals surface area (Å²) in [6, 6.07) is 5.85. The molecule has 7 nitrogen and oxygen atoms in total. The topological polar surface area (TPSA) is 84.5 Å².